The molecule has 0 aromatic carbocycles. The van der Waals surface area contributed by atoms with Crippen molar-refractivity contribution < 1.29 is 14.3 Å². The quantitative estimate of drug-likeness (QED) is 0.743. The van der Waals surface area contributed by atoms with E-state index in [2.05, 4.69) is 25.7 Å². The first-order valence-corrected chi connectivity index (χ1v) is 11.0. The molecule has 0 aromatic rings. The summed E-state index contributed by atoms with van der Waals surface area (Å²) in [6, 6.07) is 0. The summed E-state index contributed by atoms with van der Waals surface area (Å²) in [5.74, 6) is 2.90. The summed E-state index contributed by atoms with van der Waals surface area (Å²) in [6.45, 7) is 15.1. The van der Waals surface area contributed by atoms with Crippen molar-refractivity contribution >= 4 is 11.8 Å². The highest BCUT2D eigenvalue weighted by Crippen LogP contribution is 2.26. The van der Waals surface area contributed by atoms with Crippen molar-refractivity contribution in [3.8, 4) is 0 Å². The molecule has 0 aromatic heterocycles. The maximum atomic E-state index is 12.0. The van der Waals surface area contributed by atoms with Gasteiger partial charge >= 0.3 is 0 Å². The minimum Gasteiger partial charge on any atom is -0.381 e. The highest BCUT2D eigenvalue weighted by atomic mass is 16.5. The van der Waals surface area contributed by atoms with Gasteiger partial charge in [-0.3, -0.25) is 9.59 Å². The van der Waals surface area contributed by atoms with Gasteiger partial charge in [0.25, 0.3) is 0 Å². The molecule has 0 N–H and O–H groups in total. The third-order valence-electron chi connectivity index (χ3n) is 6.04. The van der Waals surface area contributed by atoms with Gasteiger partial charge in [0.15, 0.2) is 0 Å². The van der Waals surface area contributed by atoms with Crippen LogP contribution in [0.3, 0.4) is 0 Å². The molecule has 0 spiro atoms. The predicted octanol–water partition coefficient (Wildman–Crippen LogP) is 3.82. The average molecular weight is 383 g/mol. The standard InChI is InChI=1S/C13H23NO2.C7H13NO.C2H6/c1-10(2)12-3-5-14(8-12)13(15)7-11-4-6-16-9-11;1-3-6-4-5-8(2)7(6)9;1-2/h10-12H,3-9H2,1-2H3;6H,3-5H2,1-2H3;1-2H3. The van der Waals surface area contributed by atoms with Gasteiger partial charge in [0.2, 0.25) is 11.8 Å². The van der Waals surface area contributed by atoms with Crippen LogP contribution >= 0.6 is 0 Å². The van der Waals surface area contributed by atoms with Crippen LogP contribution in [0.1, 0.15) is 66.7 Å². The highest BCUT2D eigenvalue weighted by molar-refractivity contribution is 5.80. The molecule has 27 heavy (non-hydrogen) atoms. The van der Waals surface area contributed by atoms with E-state index in [0.717, 1.165) is 52.1 Å². The Morgan fingerprint density at radius 3 is 2.30 bits per heavy atom. The lowest BCUT2D eigenvalue weighted by molar-refractivity contribution is -0.131. The van der Waals surface area contributed by atoms with Crippen molar-refractivity contribution in [1.82, 2.24) is 9.80 Å². The fourth-order valence-electron chi connectivity index (χ4n) is 3.95. The predicted molar refractivity (Wildman–Crippen MR) is 110 cm³/mol. The Bertz CT molecular complexity index is 447. The van der Waals surface area contributed by atoms with Crippen molar-refractivity contribution in [2.24, 2.45) is 23.7 Å². The summed E-state index contributed by atoms with van der Waals surface area (Å²) >= 11 is 0. The van der Waals surface area contributed by atoms with Crippen molar-refractivity contribution in [2.45, 2.75) is 66.7 Å². The SMILES string of the molecule is CC.CC(C)C1CCN(C(=O)CC2CCOC2)C1.CCC1CCN(C)C1=O. The van der Waals surface area contributed by atoms with Gasteiger partial charge in [0.05, 0.1) is 0 Å². The molecule has 3 aliphatic heterocycles. The van der Waals surface area contributed by atoms with E-state index < -0.39 is 0 Å². The third kappa shape index (κ3) is 7.44. The van der Waals surface area contributed by atoms with Crippen LogP contribution in [-0.2, 0) is 14.3 Å². The normalized spacial score (nSPS) is 27.4. The smallest absolute Gasteiger partial charge is 0.225 e. The van der Waals surface area contributed by atoms with Gasteiger partial charge in [0.1, 0.15) is 0 Å². The first-order chi connectivity index (χ1) is 12.9. The number of carbonyl (C=O) groups excluding carboxylic acids is 2. The summed E-state index contributed by atoms with van der Waals surface area (Å²) in [5.41, 5.74) is 0. The molecule has 3 unspecified atom stereocenters. The Morgan fingerprint density at radius 2 is 1.89 bits per heavy atom. The van der Waals surface area contributed by atoms with Crippen LogP contribution in [0.25, 0.3) is 0 Å². The maximum Gasteiger partial charge on any atom is 0.225 e. The number of carbonyl (C=O) groups is 2. The zero-order valence-corrected chi connectivity index (χ0v) is 18.5. The Morgan fingerprint density at radius 1 is 1.19 bits per heavy atom. The van der Waals surface area contributed by atoms with Crippen LogP contribution in [0.4, 0.5) is 0 Å². The fraction of sp³-hybridized carbons (Fsp3) is 0.909. The van der Waals surface area contributed by atoms with Gasteiger partial charge in [-0.2, -0.15) is 0 Å². The Labute approximate surface area is 166 Å². The largest absolute Gasteiger partial charge is 0.381 e. The lowest BCUT2D eigenvalue weighted by atomic mass is 9.95. The van der Waals surface area contributed by atoms with Gasteiger partial charge in [-0.05, 0) is 43.4 Å². The lowest BCUT2D eigenvalue weighted by Crippen LogP contribution is -2.30. The molecule has 3 rings (SSSR count). The average Bonchev–Trinajstić information content (AvgIpc) is 3.40. The second-order valence-corrected chi connectivity index (χ2v) is 8.22. The molecule has 0 saturated carbocycles. The molecular formula is C22H42N2O3. The third-order valence-corrected chi connectivity index (χ3v) is 6.04. The van der Waals surface area contributed by atoms with E-state index in [9.17, 15) is 9.59 Å². The maximum absolute atomic E-state index is 12.0. The summed E-state index contributed by atoms with van der Waals surface area (Å²) < 4.78 is 5.31. The zero-order valence-electron chi connectivity index (χ0n) is 18.5. The van der Waals surface area contributed by atoms with Crippen molar-refractivity contribution in [2.75, 3.05) is 39.9 Å². The van der Waals surface area contributed by atoms with E-state index >= 15 is 0 Å². The highest BCUT2D eigenvalue weighted by Gasteiger charge is 2.30. The fourth-order valence-corrected chi connectivity index (χ4v) is 3.95. The molecule has 3 fully saturated rings. The van der Waals surface area contributed by atoms with E-state index in [1.165, 1.54) is 6.42 Å². The van der Waals surface area contributed by atoms with E-state index in [4.69, 9.17) is 4.74 Å². The summed E-state index contributed by atoms with van der Waals surface area (Å²) in [7, 11) is 1.87. The number of nitrogens with zero attached hydrogens (tertiary/aromatic N) is 2. The van der Waals surface area contributed by atoms with E-state index in [1.54, 1.807) is 0 Å². The summed E-state index contributed by atoms with van der Waals surface area (Å²) in [5, 5.41) is 0. The number of hydrogen-bond donors (Lipinski definition) is 0. The zero-order chi connectivity index (χ0) is 20.4. The molecule has 3 atom stereocenters. The van der Waals surface area contributed by atoms with Gasteiger partial charge < -0.3 is 14.5 Å². The van der Waals surface area contributed by atoms with Gasteiger partial charge in [0, 0.05) is 52.2 Å². The van der Waals surface area contributed by atoms with Crippen LogP contribution in [0.2, 0.25) is 0 Å². The lowest BCUT2D eigenvalue weighted by Gasteiger charge is -2.19. The van der Waals surface area contributed by atoms with Crippen molar-refractivity contribution in [3.63, 3.8) is 0 Å². The molecule has 0 bridgehead atoms. The first kappa shape index (κ1) is 23.9. The Hall–Kier alpha value is -1.10. The van der Waals surface area contributed by atoms with E-state index in [0.29, 0.717) is 41.9 Å². The molecule has 3 aliphatic rings. The van der Waals surface area contributed by atoms with Crippen molar-refractivity contribution in [1.29, 1.82) is 0 Å². The minimum absolute atomic E-state index is 0.329. The van der Waals surface area contributed by atoms with Gasteiger partial charge in [-0.25, -0.2) is 0 Å². The van der Waals surface area contributed by atoms with Crippen LogP contribution < -0.4 is 0 Å². The number of likely N-dealkylation sites (tertiary alicyclic amines) is 2. The minimum atomic E-state index is 0.329. The van der Waals surface area contributed by atoms with Crippen LogP contribution in [-0.4, -0.2) is 61.5 Å². The molecule has 5 heteroatoms. The molecule has 3 heterocycles. The second kappa shape index (κ2) is 12.4. The number of hydrogen-bond acceptors (Lipinski definition) is 3. The van der Waals surface area contributed by atoms with E-state index in [1.807, 2.05) is 25.8 Å². The Kier molecular flexibility index (Phi) is 11.0. The first-order valence-electron chi connectivity index (χ1n) is 11.0. The van der Waals surface area contributed by atoms with Crippen molar-refractivity contribution in [3.05, 3.63) is 0 Å². The van der Waals surface area contributed by atoms with Crippen LogP contribution in [0.15, 0.2) is 0 Å². The number of ether oxygens (including phenoxy) is 1. The molecule has 0 radical (unpaired) electrons. The summed E-state index contributed by atoms with van der Waals surface area (Å²) in [6.07, 6.45) is 5.01. The topological polar surface area (TPSA) is 49.9 Å². The monoisotopic (exact) mass is 382 g/mol. The molecule has 158 valence electrons. The number of amides is 2. The second-order valence-electron chi connectivity index (χ2n) is 8.22. The molecule has 5 nitrogen and oxygen atoms in total. The van der Waals surface area contributed by atoms with Crippen LogP contribution in [0, 0.1) is 23.7 Å². The Balaban J connectivity index is 0.000000282. The number of rotatable bonds is 4. The molecule has 3 saturated heterocycles. The molecule has 2 amide bonds. The van der Waals surface area contributed by atoms with E-state index in [-0.39, 0.29) is 0 Å². The van der Waals surface area contributed by atoms with Gasteiger partial charge in [-0.15, -0.1) is 0 Å². The van der Waals surface area contributed by atoms with Crippen LogP contribution in [0.5, 0.6) is 0 Å². The molecule has 0 aliphatic carbocycles. The molecular weight excluding hydrogens is 340 g/mol. The summed E-state index contributed by atoms with van der Waals surface area (Å²) in [4.78, 5) is 27.0. The van der Waals surface area contributed by atoms with Gasteiger partial charge in [-0.1, -0.05) is 34.6 Å².